The van der Waals surface area contributed by atoms with Crippen LogP contribution in [0, 0.1) is 11.8 Å². The third-order valence-corrected chi connectivity index (χ3v) is 3.61. The highest BCUT2D eigenvalue weighted by molar-refractivity contribution is 14.0. The second kappa shape index (κ2) is 10.6. The summed E-state index contributed by atoms with van der Waals surface area (Å²) in [6, 6.07) is 0. The first-order valence-electron chi connectivity index (χ1n) is 7.48. The van der Waals surface area contributed by atoms with Crippen molar-refractivity contribution in [1.29, 1.82) is 0 Å². The van der Waals surface area contributed by atoms with Gasteiger partial charge in [-0.3, -0.25) is 4.99 Å². The van der Waals surface area contributed by atoms with Crippen molar-refractivity contribution in [3.05, 3.63) is 0 Å². The molecule has 1 aliphatic heterocycles. The Labute approximate surface area is 139 Å². The van der Waals surface area contributed by atoms with Gasteiger partial charge < -0.3 is 20.1 Å². The highest BCUT2D eigenvalue weighted by Gasteiger charge is 2.20. The SMILES string of the molecule is CN=C(NCCCOCC1CCOC1)NCC1CC1.I. The number of guanidine groups is 1. The summed E-state index contributed by atoms with van der Waals surface area (Å²) < 4.78 is 11.0. The van der Waals surface area contributed by atoms with E-state index in [4.69, 9.17) is 9.47 Å². The standard InChI is InChI=1S/C14H27N3O2.HI/c1-15-14(17-9-12-3-4-12)16-6-2-7-18-10-13-5-8-19-11-13;/h12-13H,2-11H2,1H3,(H2,15,16,17);1H. The van der Waals surface area contributed by atoms with Gasteiger partial charge in [0.25, 0.3) is 0 Å². The van der Waals surface area contributed by atoms with E-state index in [1.54, 1.807) is 0 Å². The Kier molecular flexibility index (Phi) is 9.54. The predicted octanol–water partition coefficient (Wildman–Crippen LogP) is 1.62. The molecule has 5 nitrogen and oxygen atoms in total. The van der Waals surface area contributed by atoms with Crippen LogP contribution in [-0.2, 0) is 9.47 Å². The molecule has 6 heteroatoms. The Bertz CT molecular complexity index is 280. The number of hydrogen-bond acceptors (Lipinski definition) is 3. The Morgan fingerprint density at radius 3 is 2.75 bits per heavy atom. The van der Waals surface area contributed by atoms with Gasteiger partial charge in [-0.25, -0.2) is 0 Å². The lowest BCUT2D eigenvalue weighted by Gasteiger charge is -2.12. The minimum atomic E-state index is 0. The molecule has 1 aliphatic carbocycles. The largest absolute Gasteiger partial charge is 0.381 e. The molecule has 118 valence electrons. The Morgan fingerprint density at radius 2 is 2.10 bits per heavy atom. The van der Waals surface area contributed by atoms with Gasteiger partial charge in [-0.1, -0.05) is 0 Å². The summed E-state index contributed by atoms with van der Waals surface area (Å²) in [7, 11) is 1.82. The van der Waals surface area contributed by atoms with Crippen molar-refractivity contribution >= 4 is 29.9 Å². The van der Waals surface area contributed by atoms with E-state index < -0.39 is 0 Å². The number of halogens is 1. The van der Waals surface area contributed by atoms with E-state index in [0.29, 0.717) is 5.92 Å². The van der Waals surface area contributed by atoms with Gasteiger partial charge in [0.05, 0.1) is 13.2 Å². The fraction of sp³-hybridized carbons (Fsp3) is 0.929. The zero-order chi connectivity index (χ0) is 13.3. The van der Waals surface area contributed by atoms with Crippen molar-refractivity contribution in [3.63, 3.8) is 0 Å². The summed E-state index contributed by atoms with van der Waals surface area (Å²) in [6.45, 7) is 5.38. The number of rotatable bonds is 8. The molecule has 0 aromatic heterocycles. The van der Waals surface area contributed by atoms with Crippen molar-refractivity contribution in [2.24, 2.45) is 16.8 Å². The first-order chi connectivity index (χ1) is 9.38. The monoisotopic (exact) mass is 397 g/mol. The summed E-state index contributed by atoms with van der Waals surface area (Å²) in [5.41, 5.74) is 0. The molecule has 0 spiro atoms. The molecule has 1 saturated heterocycles. The van der Waals surface area contributed by atoms with E-state index in [2.05, 4.69) is 15.6 Å². The van der Waals surface area contributed by atoms with Crippen molar-refractivity contribution in [3.8, 4) is 0 Å². The quantitative estimate of drug-likeness (QED) is 0.283. The van der Waals surface area contributed by atoms with Gasteiger partial charge in [0.1, 0.15) is 0 Å². The van der Waals surface area contributed by atoms with Crippen molar-refractivity contribution in [1.82, 2.24) is 10.6 Å². The topological polar surface area (TPSA) is 54.9 Å². The maximum atomic E-state index is 5.66. The summed E-state index contributed by atoms with van der Waals surface area (Å²) in [5, 5.41) is 6.66. The molecule has 1 unspecified atom stereocenters. The Hall–Kier alpha value is -0.0800. The molecule has 1 heterocycles. The van der Waals surface area contributed by atoms with Crippen LogP contribution in [0.4, 0.5) is 0 Å². The zero-order valence-electron chi connectivity index (χ0n) is 12.4. The first kappa shape index (κ1) is 18.0. The normalized spacial score (nSPS) is 22.4. The summed E-state index contributed by atoms with van der Waals surface area (Å²) in [5.74, 6) is 2.40. The van der Waals surface area contributed by atoms with Crippen LogP contribution >= 0.6 is 24.0 Å². The second-order valence-corrected chi connectivity index (χ2v) is 5.48. The molecule has 2 rings (SSSR count). The molecule has 0 aromatic carbocycles. The number of ether oxygens (including phenoxy) is 2. The molecule has 2 aliphatic rings. The van der Waals surface area contributed by atoms with Crippen LogP contribution in [0.2, 0.25) is 0 Å². The fourth-order valence-electron chi connectivity index (χ4n) is 2.13. The van der Waals surface area contributed by atoms with Crippen molar-refractivity contribution < 1.29 is 9.47 Å². The molecule has 1 saturated carbocycles. The molecule has 2 N–H and O–H groups in total. The lowest BCUT2D eigenvalue weighted by Crippen LogP contribution is -2.39. The van der Waals surface area contributed by atoms with Gasteiger partial charge >= 0.3 is 0 Å². The van der Waals surface area contributed by atoms with Crippen molar-refractivity contribution in [2.45, 2.75) is 25.7 Å². The summed E-state index contributed by atoms with van der Waals surface area (Å²) in [6.07, 6.45) is 4.89. The molecule has 0 amide bonds. The van der Waals surface area contributed by atoms with Crippen LogP contribution in [0.1, 0.15) is 25.7 Å². The van der Waals surface area contributed by atoms with E-state index in [-0.39, 0.29) is 24.0 Å². The predicted molar refractivity (Wildman–Crippen MR) is 91.9 cm³/mol. The molecule has 1 atom stereocenters. The summed E-state index contributed by atoms with van der Waals surface area (Å²) in [4.78, 5) is 4.21. The van der Waals surface area contributed by atoms with Gasteiger partial charge in [0.15, 0.2) is 5.96 Å². The number of aliphatic imine (C=N–C) groups is 1. The average molecular weight is 397 g/mol. The molecule has 0 bridgehead atoms. The van der Waals surface area contributed by atoms with Gasteiger partial charge in [0, 0.05) is 39.3 Å². The summed E-state index contributed by atoms with van der Waals surface area (Å²) >= 11 is 0. The van der Waals surface area contributed by atoms with Crippen LogP contribution in [0.25, 0.3) is 0 Å². The van der Waals surface area contributed by atoms with E-state index in [0.717, 1.165) is 64.2 Å². The average Bonchev–Trinajstić information content (AvgIpc) is 3.11. The second-order valence-electron chi connectivity index (χ2n) is 5.48. The minimum absolute atomic E-state index is 0. The fourth-order valence-corrected chi connectivity index (χ4v) is 2.13. The Morgan fingerprint density at radius 1 is 1.25 bits per heavy atom. The van der Waals surface area contributed by atoms with Gasteiger partial charge in [-0.15, -0.1) is 24.0 Å². The first-order valence-corrected chi connectivity index (χ1v) is 7.48. The highest BCUT2D eigenvalue weighted by atomic mass is 127. The number of hydrogen-bond donors (Lipinski definition) is 2. The Balaban J connectivity index is 0.00000200. The van der Waals surface area contributed by atoms with E-state index >= 15 is 0 Å². The van der Waals surface area contributed by atoms with Crippen LogP contribution < -0.4 is 10.6 Å². The molecule has 0 radical (unpaired) electrons. The smallest absolute Gasteiger partial charge is 0.190 e. The third kappa shape index (κ3) is 7.64. The number of nitrogens with zero attached hydrogens (tertiary/aromatic N) is 1. The maximum Gasteiger partial charge on any atom is 0.190 e. The molecular formula is C14H28IN3O2. The van der Waals surface area contributed by atoms with Crippen molar-refractivity contribution in [2.75, 3.05) is 46.6 Å². The van der Waals surface area contributed by atoms with E-state index in [1.165, 1.54) is 12.8 Å². The maximum absolute atomic E-state index is 5.66. The zero-order valence-corrected chi connectivity index (χ0v) is 14.7. The van der Waals surface area contributed by atoms with Crippen LogP contribution in [0.15, 0.2) is 4.99 Å². The number of nitrogens with one attached hydrogen (secondary N) is 2. The molecule has 20 heavy (non-hydrogen) atoms. The lowest BCUT2D eigenvalue weighted by atomic mass is 10.1. The van der Waals surface area contributed by atoms with Crippen LogP contribution in [0.3, 0.4) is 0 Å². The lowest BCUT2D eigenvalue weighted by molar-refractivity contribution is 0.0888. The van der Waals surface area contributed by atoms with E-state index in [9.17, 15) is 0 Å². The van der Waals surface area contributed by atoms with Gasteiger partial charge in [-0.2, -0.15) is 0 Å². The van der Waals surface area contributed by atoms with E-state index in [1.807, 2.05) is 7.05 Å². The van der Waals surface area contributed by atoms with Crippen LogP contribution in [0.5, 0.6) is 0 Å². The van der Waals surface area contributed by atoms with Crippen LogP contribution in [-0.4, -0.2) is 52.5 Å². The molecule has 0 aromatic rings. The van der Waals surface area contributed by atoms with Gasteiger partial charge in [-0.05, 0) is 31.6 Å². The molecule has 2 fully saturated rings. The minimum Gasteiger partial charge on any atom is -0.381 e. The third-order valence-electron chi connectivity index (χ3n) is 3.61. The molecular weight excluding hydrogens is 369 g/mol. The highest BCUT2D eigenvalue weighted by Crippen LogP contribution is 2.27. The van der Waals surface area contributed by atoms with Gasteiger partial charge in [0.2, 0.25) is 0 Å².